The van der Waals surface area contributed by atoms with Crippen molar-refractivity contribution < 1.29 is 4.74 Å². The lowest BCUT2D eigenvalue weighted by atomic mass is 10.2. The van der Waals surface area contributed by atoms with E-state index in [2.05, 4.69) is 22.1 Å². The van der Waals surface area contributed by atoms with E-state index in [1.807, 2.05) is 43.3 Å². The monoisotopic (exact) mass is 428 g/mol. The van der Waals surface area contributed by atoms with Gasteiger partial charge in [-0.3, -0.25) is 9.36 Å². The number of aromatic nitrogens is 3. The molecule has 1 aromatic heterocycles. The van der Waals surface area contributed by atoms with Crippen LogP contribution in [0, 0.1) is 6.92 Å². The van der Waals surface area contributed by atoms with Crippen LogP contribution in [0.25, 0.3) is 0 Å². The Kier molecular flexibility index (Phi) is 6.95. The van der Waals surface area contributed by atoms with Gasteiger partial charge in [0.05, 0.1) is 7.11 Å². The highest BCUT2D eigenvalue weighted by atomic mass is 35.5. The summed E-state index contributed by atoms with van der Waals surface area (Å²) in [4.78, 5) is 13.0. The number of ether oxygens (including phenoxy) is 1. The summed E-state index contributed by atoms with van der Waals surface area (Å²) in [6, 6.07) is 13.2. The maximum atomic E-state index is 13.0. The highest BCUT2D eigenvalue weighted by Gasteiger charge is 2.14. The fraction of sp³-hybridized carbons (Fsp3) is 0.190. The molecule has 0 fully saturated rings. The van der Waals surface area contributed by atoms with Gasteiger partial charge in [-0.15, -0.1) is 16.8 Å². The predicted molar refractivity (Wildman–Crippen MR) is 119 cm³/mol. The first-order valence-electron chi connectivity index (χ1n) is 8.89. The van der Waals surface area contributed by atoms with E-state index in [0.717, 1.165) is 16.9 Å². The zero-order valence-corrected chi connectivity index (χ0v) is 17.8. The molecule has 1 N–H and O–H groups in total. The molecule has 3 aromatic rings. The molecule has 2 aromatic carbocycles. The number of halogens is 1. The number of hydrogen-bond donors (Lipinski definition) is 1. The van der Waals surface area contributed by atoms with Gasteiger partial charge < -0.3 is 10.1 Å². The second-order valence-corrected chi connectivity index (χ2v) is 7.56. The van der Waals surface area contributed by atoms with Crippen LogP contribution in [-0.2, 0) is 12.3 Å². The molecule has 150 valence electrons. The van der Waals surface area contributed by atoms with Crippen molar-refractivity contribution in [3.63, 3.8) is 0 Å². The standard InChI is InChI=1S/C21H21ClN4O2S/c1-4-12-26-20(27)19(23-18-7-5-6-17(22)14(18)2)24-25-21(26)29-13-15-8-10-16(28-3)11-9-15/h4-11H,1,12-13H2,2-3H3,(H,23,24). The number of thioether (sulfide) groups is 1. The fourth-order valence-electron chi connectivity index (χ4n) is 2.62. The third-order valence-electron chi connectivity index (χ3n) is 4.27. The minimum atomic E-state index is -0.267. The molecular weight excluding hydrogens is 408 g/mol. The van der Waals surface area contributed by atoms with Crippen LogP contribution in [0.15, 0.2) is 65.1 Å². The first kappa shape index (κ1) is 21.0. The summed E-state index contributed by atoms with van der Waals surface area (Å²) in [5.74, 6) is 1.59. The van der Waals surface area contributed by atoms with E-state index in [1.165, 1.54) is 11.8 Å². The third kappa shape index (κ3) is 4.99. The average Bonchev–Trinajstić information content (AvgIpc) is 2.74. The smallest absolute Gasteiger partial charge is 0.297 e. The molecule has 0 atom stereocenters. The van der Waals surface area contributed by atoms with Gasteiger partial charge in [0.2, 0.25) is 5.82 Å². The van der Waals surface area contributed by atoms with E-state index in [4.69, 9.17) is 16.3 Å². The first-order chi connectivity index (χ1) is 14.0. The molecule has 0 spiro atoms. The summed E-state index contributed by atoms with van der Waals surface area (Å²) in [5.41, 5.74) is 2.37. The van der Waals surface area contributed by atoms with Crippen LogP contribution in [0.5, 0.6) is 5.75 Å². The summed E-state index contributed by atoms with van der Waals surface area (Å²) in [5, 5.41) is 12.6. The number of hydrogen-bond acceptors (Lipinski definition) is 6. The molecule has 8 heteroatoms. The Hall–Kier alpha value is -2.77. The number of methoxy groups -OCH3 is 1. The number of allylic oxidation sites excluding steroid dienone is 1. The van der Waals surface area contributed by atoms with E-state index in [0.29, 0.717) is 28.2 Å². The van der Waals surface area contributed by atoms with E-state index in [-0.39, 0.29) is 11.4 Å². The molecule has 0 aliphatic heterocycles. The molecule has 6 nitrogen and oxygen atoms in total. The molecule has 0 bridgehead atoms. The van der Waals surface area contributed by atoms with E-state index in [9.17, 15) is 4.79 Å². The minimum absolute atomic E-state index is 0.144. The predicted octanol–water partition coefficient (Wildman–Crippen LogP) is 4.83. The molecule has 0 saturated heterocycles. The van der Waals surface area contributed by atoms with E-state index < -0.39 is 0 Å². The van der Waals surface area contributed by atoms with Crippen molar-refractivity contribution in [2.24, 2.45) is 0 Å². The van der Waals surface area contributed by atoms with Crippen molar-refractivity contribution in [3.05, 3.63) is 81.6 Å². The Labute approximate surface area is 178 Å². The third-order valence-corrected chi connectivity index (χ3v) is 5.72. The van der Waals surface area contributed by atoms with Crippen molar-refractivity contribution in [1.82, 2.24) is 14.8 Å². The molecule has 0 aliphatic carbocycles. The summed E-state index contributed by atoms with van der Waals surface area (Å²) < 4.78 is 6.73. The molecular formula is C21H21ClN4O2S. The van der Waals surface area contributed by atoms with Gasteiger partial charge in [-0.05, 0) is 42.3 Å². The van der Waals surface area contributed by atoms with Gasteiger partial charge in [-0.2, -0.15) is 0 Å². The Morgan fingerprint density at radius 1 is 1.24 bits per heavy atom. The topological polar surface area (TPSA) is 69.0 Å². The number of nitrogens with zero attached hydrogens (tertiary/aromatic N) is 3. The lowest BCUT2D eigenvalue weighted by molar-refractivity contribution is 0.414. The molecule has 0 unspecified atom stereocenters. The fourth-order valence-corrected chi connectivity index (χ4v) is 3.69. The second kappa shape index (κ2) is 9.62. The molecule has 0 saturated carbocycles. The van der Waals surface area contributed by atoms with Gasteiger partial charge in [0, 0.05) is 23.0 Å². The minimum Gasteiger partial charge on any atom is -0.497 e. The van der Waals surface area contributed by atoms with Crippen molar-refractivity contribution in [3.8, 4) is 5.75 Å². The summed E-state index contributed by atoms with van der Waals surface area (Å²) in [7, 11) is 1.63. The average molecular weight is 429 g/mol. The molecule has 3 rings (SSSR count). The quantitative estimate of drug-likeness (QED) is 0.409. The number of anilines is 2. The normalized spacial score (nSPS) is 10.6. The molecule has 0 radical (unpaired) electrons. The number of benzene rings is 2. The van der Waals surface area contributed by atoms with Crippen LogP contribution in [0.4, 0.5) is 11.5 Å². The number of rotatable bonds is 8. The van der Waals surface area contributed by atoms with Crippen LogP contribution in [0.3, 0.4) is 0 Å². The van der Waals surface area contributed by atoms with Crippen LogP contribution >= 0.6 is 23.4 Å². The van der Waals surface area contributed by atoms with Crippen molar-refractivity contribution in [2.45, 2.75) is 24.4 Å². The lowest BCUT2D eigenvalue weighted by Gasteiger charge is -2.13. The highest BCUT2D eigenvalue weighted by Crippen LogP contribution is 2.25. The largest absolute Gasteiger partial charge is 0.497 e. The Morgan fingerprint density at radius 2 is 2.00 bits per heavy atom. The summed E-state index contributed by atoms with van der Waals surface area (Å²) >= 11 is 7.60. The summed E-state index contributed by atoms with van der Waals surface area (Å²) in [6.45, 7) is 5.96. The molecule has 1 heterocycles. The van der Waals surface area contributed by atoms with Gasteiger partial charge >= 0.3 is 0 Å². The van der Waals surface area contributed by atoms with Crippen LogP contribution in [0.2, 0.25) is 5.02 Å². The Bertz CT molecular complexity index is 1070. The van der Waals surface area contributed by atoms with Crippen molar-refractivity contribution in [1.29, 1.82) is 0 Å². The second-order valence-electron chi connectivity index (χ2n) is 6.21. The van der Waals surface area contributed by atoms with E-state index in [1.54, 1.807) is 23.8 Å². The summed E-state index contributed by atoms with van der Waals surface area (Å²) in [6.07, 6.45) is 1.66. The Morgan fingerprint density at radius 3 is 2.69 bits per heavy atom. The van der Waals surface area contributed by atoms with Crippen molar-refractivity contribution in [2.75, 3.05) is 12.4 Å². The maximum absolute atomic E-state index is 13.0. The van der Waals surface area contributed by atoms with Gasteiger partial charge in [-0.25, -0.2) is 0 Å². The highest BCUT2D eigenvalue weighted by molar-refractivity contribution is 7.98. The lowest BCUT2D eigenvalue weighted by Crippen LogP contribution is -2.26. The first-order valence-corrected chi connectivity index (χ1v) is 10.3. The van der Waals surface area contributed by atoms with Gasteiger partial charge in [0.1, 0.15) is 5.75 Å². The SMILES string of the molecule is C=CCn1c(SCc2ccc(OC)cc2)nnc(Nc2cccc(Cl)c2C)c1=O. The van der Waals surface area contributed by atoms with Crippen LogP contribution in [-0.4, -0.2) is 21.9 Å². The van der Waals surface area contributed by atoms with Gasteiger partial charge in [0.15, 0.2) is 5.16 Å². The van der Waals surface area contributed by atoms with Gasteiger partial charge in [0.25, 0.3) is 5.56 Å². The Balaban J connectivity index is 1.84. The van der Waals surface area contributed by atoms with Crippen molar-refractivity contribution >= 4 is 34.9 Å². The van der Waals surface area contributed by atoms with Crippen LogP contribution < -0.4 is 15.6 Å². The number of nitrogens with one attached hydrogen (secondary N) is 1. The van der Waals surface area contributed by atoms with Gasteiger partial charge in [-0.1, -0.05) is 47.6 Å². The molecule has 29 heavy (non-hydrogen) atoms. The molecule has 0 amide bonds. The van der Waals surface area contributed by atoms with Crippen LogP contribution in [0.1, 0.15) is 11.1 Å². The maximum Gasteiger partial charge on any atom is 0.297 e. The zero-order chi connectivity index (χ0) is 20.8. The molecule has 0 aliphatic rings. The zero-order valence-electron chi connectivity index (χ0n) is 16.2. The van der Waals surface area contributed by atoms with E-state index >= 15 is 0 Å².